The van der Waals surface area contributed by atoms with Crippen LogP contribution in [-0.4, -0.2) is 10.8 Å². The van der Waals surface area contributed by atoms with Crippen LogP contribution in [0.3, 0.4) is 0 Å². The van der Waals surface area contributed by atoms with Gasteiger partial charge in [0, 0.05) is 17.4 Å². The first-order valence-corrected chi connectivity index (χ1v) is 7.96. The molecule has 2 aromatic carbocycles. The molecule has 0 aliphatic carbocycles. The average molecular weight is 327 g/mol. The van der Waals surface area contributed by atoms with Crippen LogP contribution in [0.25, 0.3) is 0 Å². The number of ketones is 1. The molecule has 3 rings (SSSR count). The van der Waals surface area contributed by atoms with E-state index in [4.69, 9.17) is 0 Å². The second-order valence-corrected chi connectivity index (χ2v) is 5.67. The topological polar surface area (TPSA) is 65.8 Å². The zero-order valence-corrected chi connectivity index (χ0v) is 13.8. The van der Waals surface area contributed by atoms with Gasteiger partial charge in [-0.15, -0.1) is 0 Å². The highest BCUT2D eigenvalue weighted by molar-refractivity contribution is 5.99. The summed E-state index contributed by atoms with van der Waals surface area (Å²) in [5.41, 5.74) is 3.55. The van der Waals surface area contributed by atoms with Crippen molar-refractivity contribution in [3.05, 3.63) is 95.3 Å². The Balaban J connectivity index is 2.08. The summed E-state index contributed by atoms with van der Waals surface area (Å²) in [5.74, 6) is -0.0557. The van der Waals surface area contributed by atoms with Crippen LogP contribution in [-0.2, 0) is 0 Å². The molecule has 25 heavy (non-hydrogen) atoms. The minimum absolute atomic E-state index is 0.0557. The highest BCUT2D eigenvalue weighted by atomic mass is 16.1. The molecule has 0 aliphatic heterocycles. The van der Waals surface area contributed by atoms with Crippen LogP contribution < -0.4 is 5.32 Å². The molecule has 0 amide bonds. The number of hydrogen-bond acceptors (Lipinski definition) is 4. The van der Waals surface area contributed by atoms with E-state index in [9.17, 15) is 10.1 Å². The molecule has 4 nitrogen and oxygen atoms in total. The third-order valence-electron chi connectivity index (χ3n) is 3.94. The van der Waals surface area contributed by atoms with Crippen LogP contribution in [0.2, 0.25) is 0 Å². The lowest BCUT2D eigenvalue weighted by Gasteiger charge is -2.21. The summed E-state index contributed by atoms with van der Waals surface area (Å²) in [4.78, 5) is 16.4. The second kappa shape index (κ2) is 7.41. The molecule has 122 valence electrons. The number of hydrogen-bond donors (Lipinski definition) is 1. The molecule has 0 bridgehead atoms. The standard InChI is InChI=1S/C21H17N3O/c1-15(25)18-11-10-16(14-22)13-20(18)24-21(17-7-3-2-4-8-17)19-9-5-6-12-23-19/h2-13,21,24H,1H3. The normalized spacial score (nSPS) is 11.4. The van der Waals surface area contributed by atoms with Crippen molar-refractivity contribution < 1.29 is 4.79 Å². The van der Waals surface area contributed by atoms with E-state index in [2.05, 4.69) is 16.4 Å². The van der Waals surface area contributed by atoms with Crippen molar-refractivity contribution in [2.45, 2.75) is 13.0 Å². The molecular formula is C21H17N3O. The number of nitriles is 1. The Hall–Kier alpha value is -3.45. The number of rotatable bonds is 5. The molecular weight excluding hydrogens is 310 g/mol. The predicted molar refractivity (Wildman–Crippen MR) is 97.3 cm³/mol. The molecule has 0 saturated carbocycles. The Bertz CT molecular complexity index is 875. The van der Waals surface area contributed by atoms with E-state index in [1.165, 1.54) is 6.92 Å². The molecule has 1 atom stereocenters. The van der Waals surface area contributed by atoms with Crippen molar-refractivity contribution in [3.63, 3.8) is 0 Å². The molecule has 0 saturated heterocycles. The van der Waals surface area contributed by atoms with E-state index in [1.807, 2.05) is 48.5 Å². The number of carbonyl (C=O) groups excluding carboxylic acids is 1. The summed E-state index contributed by atoms with van der Waals surface area (Å²) >= 11 is 0. The number of pyridine rings is 1. The van der Waals surface area contributed by atoms with Gasteiger partial charge in [0.1, 0.15) is 0 Å². The number of nitrogens with one attached hydrogen (secondary N) is 1. The van der Waals surface area contributed by atoms with Gasteiger partial charge in [-0.1, -0.05) is 36.4 Å². The summed E-state index contributed by atoms with van der Waals surface area (Å²) in [5, 5.41) is 12.6. The van der Waals surface area contributed by atoms with Gasteiger partial charge in [-0.25, -0.2) is 0 Å². The zero-order chi connectivity index (χ0) is 17.6. The minimum Gasteiger partial charge on any atom is -0.372 e. The fraction of sp³-hybridized carbons (Fsp3) is 0.0952. The second-order valence-electron chi connectivity index (χ2n) is 5.67. The Morgan fingerprint density at radius 1 is 1.08 bits per heavy atom. The van der Waals surface area contributed by atoms with Crippen molar-refractivity contribution in [1.29, 1.82) is 5.26 Å². The van der Waals surface area contributed by atoms with Gasteiger partial charge < -0.3 is 5.32 Å². The highest BCUT2D eigenvalue weighted by Crippen LogP contribution is 2.28. The zero-order valence-electron chi connectivity index (χ0n) is 13.8. The van der Waals surface area contributed by atoms with Gasteiger partial charge in [0.2, 0.25) is 0 Å². The van der Waals surface area contributed by atoms with Crippen molar-refractivity contribution in [2.24, 2.45) is 0 Å². The van der Waals surface area contributed by atoms with Crippen LogP contribution in [0.1, 0.15) is 40.1 Å². The summed E-state index contributed by atoms with van der Waals surface area (Å²) in [6.45, 7) is 1.52. The molecule has 1 aromatic heterocycles. The maximum absolute atomic E-state index is 12.0. The van der Waals surface area contributed by atoms with Crippen molar-refractivity contribution in [1.82, 2.24) is 4.98 Å². The summed E-state index contributed by atoms with van der Waals surface area (Å²) in [6, 6.07) is 22.6. The highest BCUT2D eigenvalue weighted by Gasteiger charge is 2.18. The molecule has 0 radical (unpaired) electrons. The lowest BCUT2D eigenvalue weighted by molar-refractivity contribution is 0.101. The van der Waals surface area contributed by atoms with Crippen molar-refractivity contribution in [2.75, 3.05) is 5.32 Å². The van der Waals surface area contributed by atoms with Crippen LogP contribution in [0, 0.1) is 11.3 Å². The van der Waals surface area contributed by atoms with E-state index in [0.717, 1.165) is 11.3 Å². The SMILES string of the molecule is CC(=O)c1ccc(C#N)cc1NC(c1ccccc1)c1ccccn1. The first kappa shape index (κ1) is 16.4. The fourth-order valence-electron chi connectivity index (χ4n) is 2.72. The average Bonchev–Trinajstić information content (AvgIpc) is 2.67. The predicted octanol–water partition coefficient (Wildman–Crippen LogP) is 4.36. The van der Waals surface area contributed by atoms with Crippen molar-refractivity contribution in [3.8, 4) is 6.07 Å². The Kier molecular flexibility index (Phi) is 4.87. The molecule has 4 heteroatoms. The molecule has 0 spiro atoms. The third-order valence-corrected chi connectivity index (χ3v) is 3.94. The van der Waals surface area contributed by atoms with E-state index >= 15 is 0 Å². The van der Waals surface area contributed by atoms with Gasteiger partial charge in [0.05, 0.1) is 23.4 Å². The molecule has 3 aromatic rings. The smallest absolute Gasteiger partial charge is 0.161 e. The summed E-state index contributed by atoms with van der Waals surface area (Å²) in [7, 11) is 0. The van der Waals surface area contributed by atoms with Gasteiger partial charge in [-0.05, 0) is 42.8 Å². The minimum atomic E-state index is -0.227. The number of carbonyl (C=O) groups is 1. The molecule has 0 fully saturated rings. The molecule has 1 heterocycles. The molecule has 0 aliphatic rings. The van der Waals surface area contributed by atoms with Crippen LogP contribution in [0.15, 0.2) is 72.9 Å². The van der Waals surface area contributed by atoms with Gasteiger partial charge in [0.25, 0.3) is 0 Å². The molecule has 1 unspecified atom stereocenters. The number of aromatic nitrogens is 1. The van der Waals surface area contributed by atoms with E-state index in [0.29, 0.717) is 16.8 Å². The lowest BCUT2D eigenvalue weighted by Crippen LogP contribution is -2.15. The number of anilines is 1. The van der Waals surface area contributed by atoms with E-state index < -0.39 is 0 Å². The maximum Gasteiger partial charge on any atom is 0.161 e. The fourth-order valence-corrected chi connectivity index (χ4v) is 2.72. The first-order chi connectivity index (χ1) is 12.2. The summed E-state index contributed by atoms with van der Waals surface area (Å²) < 4.78 is 0. The van der Waals surface area contributed by atoms with E-state index in [-0.39, 0.29) is 11.8 Å². The first-order valence-electron chi connectivity index (χ1n) is 7.96. The monoisotopic (exact) mass is 327 g/mol. The van der Waals surface area contributed by atoms with Crippen LogP contribution in [0.5, 0.6) is 0 Å². The van der Waals surface area contributed by atoms with Gasteiger partial charge in [-0.3, -0.25) is 9.78 Å². The number of Topliss-reactive ketones (excluding diaryl/α,β-unsaturated/α-hetero) is 1. The number of benzene rings is 2. The van der Waals surface area contributed by atoms with Crippen LogP contribution in [0.4, 0.5) is 5.69 Å². The van der Waals surface area contributed by atoms with Gasteiger partial charge >= 0.3 is 0 Å². The largest absolute Gasteiger partial charge is 0.372 e. The van der Waals surface area contributed by atoms with E-state index in [1.54, 1.807) is 24.4 Å². The van der Waals surface area contributed by atoms with Gasteiger partial charge in [0.15, 0.2) is 5.78 Å². The lowest BCUT2D eigenvalue weighted by atomic mass is 10.0. The summed E-state index contributed by atoms with van der Waals surface area (Å²) in [6.07, 6.45) is 1.74. The number of nitrogens with zero attached hydrogens (tertiary/aromatic N) is 2. The maximum atomic E-state index is 12.0. The molecule has 1 N–H and O–H groups in total. The van der Waals surface area contributed by atoms with Gasteiger partial charge in [-0.2, -0.15) is 5.26 Å². The quantitative estimate of drug-likeness (QED) is 0.707. The Morgan fingerprint density at radius 2 is 1.84 bits per heavy atom. The Morgan fingerprint density at radius 3 is 2.48 bits per heavy atom. The third kappa shape index (κ3) is 3.73. The Labute approximate surface area is 146 Å². The van der Waals surface area contributed by atoms with Crippen LogP contribution >= 0.6 is 0 Å². The van der Waals surface area contributed by atoms with Crippen molar-refractivity contribution >= 4 is 11.5 Å².